The average molecular weight is 246 g/mol. The maximum Gasteiger partial charge on any atom is 0.349 e. The zero-order valence-electron chi connectivity index (χ0n) is 9.54. The highest BCUT2D eigenvalue weighted by atomic mass is 16.7. The number of carbonyl (C=O) groups excluding carboxylic acids is 1. The lowest BCUT2D eigenvalue weighted by Crippen LogP contribution is -2.39. The third kappa shape index (κ3) is 1.44. The number of ether oxygens (including phenoxy) is 2. The van der Waals surface area contributed by atoms with E-state index in [1.165, 1.54) is 12.3 Å². The van der Waals surface area contributed by atoms with Gasteiger partial charge in [0.25, 0.3) is 0 Å². The number of fused-ring (bicyclic) bond motifs is 1. The number of hydrogen-bond donors (Lipinski definition) is 1. The third-order valence-corrected chi connectivity index (χ3v) is 2.77. The number of benzene rings is 1. The van der Waals surface area contributed by atoms with Crippen LogP contribution >= 0.6 is 0 Å². The highest BCUT2D eigenvalue weighted by Gasteiger charge is 2.43. The molecule has 1 aliphatic heterocycles. The highest BCUT2D eigenvalue weighted by molar-refractivity contribution is 5.96. The minimum Gasteiger partial charge on any atom is -0.507 e. The number of furan rings is 1. The van der Waals surface area contributed by atoms with Crippen LogP contribution in [0.2, 0.25) is 0 Å². The summed E-state index contributed by atoms with van der Waals surface area (Å²) in [5.41, 5.74) is 0.0292. The van der Waals surface area contributed by atoms with Crippen molar-refractivity contribution in [3.05, 3.63) is 47.9 Å². The smallest absolute Gasteiger partial charge is 0.349 e. The van der Waals surface area contributed by atoms with Gasteiger partial charge in [-0.05, 0) is 24.3 Å². The van der Waals surface area contributed by atoms with Gasteiger partial charge in [-0.3, -0.25) is 0 Å². The summed E-state index contributed by atoms with van der Waals surface area (Å²) in [4.78, 5) is 11.9. The Hall–Kier alpha value is -2.43. The SMILES string of the molecule is CC1(c2ccco2)OC(=O)c2c(O)cccc2O1. The van der Waals surface area contributed by atoms with E-state index in [1.54, 1.807) is 31.2 Å². The van der Waals surface area contributed by atoms with Crippen LogP contribution in [0.25, 0.3) is 0 Å². The summed E-state index contributed by atoms with van der Waals surface area (Å²) in [6.45, 7) is 1.58. The predicted molar refractivity (Wildman–Crippen MR) is 60.2 cm³/mol. The zero-order valence-corrected chi connectivity index (χ0v) is 9.54. The standard InChI is InChI=1S/C13H10O5/c1-13(10-6-3-7-16-10)17-9-5-2-4-8(14)11(9)12(15)18-13/h2-7,14H,1H3. The van der Waals surface area contributed by atoms with Crippen LogP contribution in [0.15, 0.2) is 41.0 Å². The molecule has 1 aromatic heterocycles. The maximum absolute atomic E-state index is 11.9. The minimum absolute atomic E-state index is 0.0292. The fourth-order valence-corrected chi connectivity index (χ4v) is 1.91. The van der Waals surface area contributed by atoms with Gasteiger partial charge < -0.3 is 19.0 Å². The van der Waals surface area contributed by atoms with Crippen molar-refractivity contribution in [2.75, 3.05) is 0 Å². The van der Waals surface area contributed by atoms with Crippen molar-refractivity contribution in [1.82, 2.24) is 0 Å². The van der Waals surface area contributed by atoms with E-state index in [-0.39, 0.29) is 17.1 Å². The first-order chi connectivity index (χ1) is 8.60. The number of phenolic OH excluding ortho intramolecular Hbond substituents is 1. The largest absolute Gasteiger partial charge is 0.507 e. The van der Waals surface area contributed by atoms with Crippen LogP contribution in [0.1, 0.15) is 23.0 Å². The Balaban J connectivity index is 2.10. The molecule has 0 bridgehead atoms. The van der Waals surface area contributed by atoms with Gasteiger partial charge in [0.1, 0.15) is 17.1 Å². The lowest BCUT2D eigenvalue weighted by molar-refractivity contribution is -0.160. The molecule has 0 aliphatic carbocycles. The molecule has 2 heterocycles. The van der Waals surface area contributed by atoms with Gasteiger partial charge in [-0.2, -0.15) is 0 Å². The molecule has 5 heteroatoms. The Morgan fingerprint density at radius 3 is 2.72 bits per heavy atom. The molecule has 1 aromatic carbocycles. The topological polar surface area (TPSA) is 68.9 Å². The van der Waals surface area contributed by atoms with Gasteiger partial charge in [-0.1, -0.05) is 6.07 Å². The molecule has 0 radical (unpaired) electrons. The molecule has 3 rings (SSSR count). The van der Waals surface area contributed by atoms with Crippen molar-refractivity contribution >= 4 is 5.97 Å². The lowest BCUT2D eigenvalue weighted by Gasteiger charge is -2.33. The van der Waals surface area contributed by atoms with Crippen LogP contribution in [-0.2, 0) is 10.5 Å². The molecule has 0 saturated carbocycles. The summed E-state index contributed by atoms with van der Waals surface area (Å²) in [6, 6.07) is 7.92. The second-order valence-electron chi connectivity index (χ2n) is 4.06. The van der Waals surface area contributed by atoms with Gasteiger partial charge in [0, 0.05) is 6.92 Å². The number of phenols is 1. The second kappa shape index (κ2) is 3.53. The summed E-state index contributed by atoms with van der Waals surface area (Å²) in [6.07, 6.45) is 1.47. The fraction of sp³-hybridized carbons (Fsp3) is 0.154. The molecule has 1 atom stereocenters. The normalized spacial score (nSPS) is 21.9. The minimum atomic E-state index is -1.32. The second-order valence-corrected chi connectivity index (χ2v) is 4.06. The summed E-state index contributed by atoms with van der Waals surface area (Å²) in [7, 11) is 0. The number of hydrogen-bond acceptors (Lipinski definition) is 5. The van der Waals surface area contributed by atoms with Crippen molar-refractivity contribution in [3.8, 4) is 11.5 Å². The molecule has 2 aromatic rings. The summed E-state index contributed by atoms with van der Waals surface area (Å²) >= 11 is 0. The first kappa shape index (κ1) is 10.7. The molecule has 0 amide bonds. The number of cyclic esters (lactones) is 1. The van der Waals surface area contributed by atoms with Gasteiger partial charge >= 0.3 is 11.8 Å². The van der Waals surface area contributed by atoms with Crippen molar-refractivity contribution in [1.29, 1.82) is 0 Å². The molecule has 0 saturated heterocycles. The molecule has 92 valence electrons. The Labute approximate surface area is 103 Å². The van der Waals surface area contributed by atoms with E-state index < -0.39 is 11.8 Å². The van der Waals surface area contributed by atoms with Crippen LogP contribution < -0.4 is 4.74 Å². The van der Waals surface area contributed by atoms with E-state index >= 15 is 0 Å². The van der Waals surface area contributed by atoms with E-state index in [9.17, 15) is 9.90 Å². The highest BCUT2D eigenvalue weighted by Crippen LogP contribution is 2.40. The van der Waals surface area contributed by atoms with Gasteiger partial charge in [-0.25, -0.2) is 4.79 Å². The molecule has 0 fully saturated rings. The van der Waals surface area contributed by atoms with Crippen molar-refractivity contribution in [2.24, 2.45) is 0 Å². The van der Waals surface area contributed by atoms with Crippen LogP contribution in [0.3, 0.4) is 0 Å². The molecule has 5 nitrogen and oxygen atoms in total. The van der Waals surface area contributed by atoms with Gasteiger partial charge in [0.2, 0.25) is 0 Å². The quantitative estimate of drug-likeness (QED) is 0.782. The number of aromatic hydroxyl groups is 1. The van der Waals surface area contributed by atoms with Crippen molar-refractivity contribution in [2.45, 2.75) is 12.7 Å². The van der Waals surface area contributed by atoms with E-state index in [0.717, 1.165) is 0 Å². The van der Waals surface area contributed by atoms with E-state index in [4.69, 9.17) is 13.9 Å². The van der Waals surface area contributed by atoms with Crippen molar-refractivity contribution < 1.29 is 23.8 Å². The molecule has 1 unspecified atom stereocenters. The van der Waals surface area contributed by atoms with Gasteiger partial charge in [0.05, 0.1) is 6.26 Å². The third-order valence-electron chi connectivity index (χ3n) is 2.77. The lowest BCUT2D eigenvalue weighted by atomic mass is 10.1. The molecule has 0 spiro atoms. The van der Waals surface area contributed by atoms with Crippen LogP contribution in [-0.4, -0.2) is 11.1 Å². The average Bonchev–Trinajstić information content (AvgIpc) is 2.82. The summed E-state index contributed by atoms with van der Waals surface area (Å²) < 4.78 is 16.0. The van der Waals surface area contributed by atoms with Crippen LogP contribution in [0.5, 0.6) is 11.5 Å². The molecule has 1 aliphatic rings. The first-order valence-corrected chi connectivity index (χ1v) is 5.38. The number of esters is 1. The van der Waals surface area contributed by atoms with Crippen LogP contribution in [0, 0.1) is 0 Å². The van der Waals surface area contributed by atoms with Crippen LogP contribution in [0.4, 0.5) is 0 Å². The van der Waals surface area contributed by atoms with E-state index in [0.29, 0.717) is 5.76 Å². The summed E-state index contributed by atoms with van der Waals surface area (Å²) in [5.74, 6) is -1.48. The molecule has 18 heavy (non-hydrogen) atoms. The molecular weight excluding hydrogens is 236 g/mol. The monoisotopic (exact) mass is 246 g/mol. The molecular formula is C13H10O5. The number of rotatable bonds is 1. The Bertz CT molecular complexity index is 602. The maximum atomic E-state index is 11.9. The Morgan fingerprint density at radius 2 is 2.00 bits per heavy atom. The predicted octanol–water partition coefficient (Wildman–Crippen LogP) is 2.41. The summed E-state index contributed by atoms with van der Waals surface area (Å²) in [5, 5.41) is 9.62. The Kier molecular flexibility index (Phi) is 2.10. The van der Waals surface area contributed by atoms with E-state index in [1.807, 2.05) is 0 Å². The van der Waals surface area contributed by atoms with Gasteiger partial charge in [-0.15, -0.1) is 0 Å². The van der Waals surface area contributed by atoms with E-state index in [2.05, 4.69) is 0 Å². The van der Waals surface area contributed by atoms with Crippen molar-refractivity contribution in [3.63, 3.8) is 0 Å². The fourth-order valence-electron chi connectivity index (χ4n) is 1.91. The first-order valence-electron chi connectivity index (χ1n) is 5.38. The molecule has 1 N–H and O–H groups in total. The zero-order chi connectivity index (χ0) is 12.8. The Morgan fingerprint density at radius 1 is 1.17 bits per heavy atom. The van der Waals surface area contributed by atoms with Gasteiger partial charge in [0.15, 0.2) is 5.76 Å². The number of carbonyl (C=O) groups is 1.